The predicted octanol–water partition coefficient (Wildman–Crippen LogP) is 4.30. The van der Waals surface area contributed by atoms with Crippen LogP contribution in [0.15, 0.2) is 78.9 Å². The average molecular weight is 401 g/mol. The van der Waals surface area contributed by atoms with Gasteiger partial charge in [0.05, 0.1) is 11.4 Å². The van der Waals surface area contributed by atoms with E-state index in [1.54, 1.807) is 0 Å². The maximum atomic E-state index is 12.7. The summed E-state index contributed by atoms with van der Waals surface area (Å²) in [6, 6.07) is 26.4. The molecule has 154 valence electrons. The Hall–Kier alpha value is -3.47. The molecule has 30 heavy (non-hydrogen) atoms. The van der Waals surface area contributed by atoms with E-state index in [1.807, 2.05) is 48.3 Å². The van der Waals surface area contributed by atoms with Crippen molar-refractivity contribution in [3.63, 3.8) is 0 Å². The summed E-state index contributed by atoms with van der Waals surface area (Å²) >= 11 is 0. The van der Waals surface area contributed by atoms with Gasteiger partial charge in [-0.15, -0.1) is 0 Å². The molecule has 0 spiro atoms. The number of nitrogens with one attached hydrogen (secondary N) is 2. The van der Waals surface area contributed by atoms with Gasteiger partial charge < -0.3 is 20.4 Å². The highest BCUT2D eigenvalue weighted by Crippen LogP contribution is 2.29. The number of benzene rings is 3. The normalized spacial score (nSPS) is 13.8. The molecule has 4 rings (SSSR count). The number of anilines is 3. The van der Waals surface area contributed by atoms with Crippen molar-refractivity contribution in [1.29, 1.82) is 0 Å². The monoisotopic (exact) mass is 400 g/mol. The summed E-state index contributed by atoms with van der Waals surface area (Å²) < 4.78 is 0. The summed E-state index contributed by atoms with van der Waals surface area (Å²) in [5.41, 5.74) is 5.35. The molecule has 0 aliphatic carbocycles. The summed E-state index contributed by atoms with van der Waals surface area (Å²) in [5, 5.41) is 6.82. The Kier molecular flexibility index (Phi) is 6.18. The van der Waals surface area contributed by atoms with E-state index in [2.05, 4.69) is 58.0 Å². The van der Waals surface area contributed by atoms with Crippen LogP contribution in [0.4, 0.5) is 17.1 Å². The Labute approximate surface area is 178 Å². The molecule has 0 aromatic heterocycles. The van der Waals surface area contributed by atoms with Crippen LogP contribution >= 0.6 is 0 Å². The van der Waals surface area contributed by atoms with E-state index in [1.165, 1.54) is 11.3 Å². The SMILES string of the molecule is CNc1ccc(N2CCN(C(=O)c3ccccc3)CC2)cc1NCc1ccccc1. The average Bonchev–Trinajstić information content (AvgIpc) is 2.83. The Morgan fingerprint density at radius 1 is 0.833 bits per heavy atom. The summed E-state index contributed by atoms with van der Waals surface area (Å²) in [4.78, 5) is 17.0. The molecule has 1 fully saturated rings. The molecule has 1 amide bonds. The second-order valence-electron chi connectivity index (χ2n) is 7.46. The summed E-state index contributed by atoms with van der Waals surface area (Å²) in [6.45, 7) is 3.89. The summed E-state index contributed by atoms with van der Waals surface area (Å²) in [6.07, 6.45) is 0. The number of piperazine rings is 1. The van der Waals surface area contributed by atoms with Gasteiger partial charge in [0, 0.05) is 51.0 Å². The largest absolute Gasteiger partial charge is 0.386 e. The third-order valence-electron chi connectivity index (χ3n) is 5.55. The van der Waals surface area contributed by atoms with Crippen molar-refractivity contribution in [3.05, 3.63) is 90.0 Å². The molecule has 0 saturated carbocycles. The number of carbonyl (C=O) groups is 1. The molecular formula is C25H28N4O. The van der Waals surface area contributed by atoms with Gasteiger partial charge in [0.25, 0.3) is 5.91 Å². The van der Waals surface area contributed by atoms with Crippen LogP contribution in [-0.2, 0) is 6.54 Å². The number of rotatable bonds is 6. The molecular weight excluding hydrogens is 372 g/mol. The number of hydrogen-bond acceptors (Lipinski definition) is 4. The minimum atomic E-state index is 0.117. The lowest BCUT2D eigenvalue weighted by atomic mass is 10.1. The van der Waals surface area contributed by atoms with E-state index in [0.29, 0.717) is 0 Å². The quantitative estimate of drug-likeness (QED) is 0.648. The third kappa shape index (κ3) is 4.57. The van der Waals surface area contributed by atoms with Gasteiger partial charge in [0.2, 0.25) is 0 Å². The van der Waals surface area contributed by atoms with Gasteiger partial charge in [-0.2, -0.15) is 0 Å². The molecule has 0 radical (unpaired) electrons. The van der Waals surface area contributed by atoms with Crippen LogP contribution in [0.5, 0.6) is 0 Å². The Balaban J connectivity index is 1.41. The van der Waals surface area contributed by atoms with Crippen molar-refractivity contribution in [2.45, 2.75) is 6.54 Å². The molecule has 3 aromatic rings. The molecule has 0 unspecified atom stereocenters. The highest BCUT2D eigenvalue weighted by atomic mass is 16.2. The van der Waals surface area contributed by atoms with Crippen molar-refractivity contribution >= 4 is 23.0 Å². The highest BCUT2D eigenvalue weighted by Gasteiger charge is 2.22. The van der Waals surface area contributed by atoms with Crippen LogP contribution in [0.1, 0.15) is 15.9 Å². The molecule has 5 heteroatoms. The molecule has 2 N–H and O–H groups in total. The van der Waals surface area contributed by atoms with Crippen LogP contribution in [0.25, 0.3) is 0 Å². The lowest BCUT2D eigenvalue weighted by Crippen LogP contribution is -2.48. The first kappa shape index (κ1) is 19.8. The zero-order valence-corrected chi connectivity index (χ0v) is 17.3. The van der Waals surface area contributed by atoms with Gasteiger partial charge in [-0.25, -0.2) is 0 Å². The maximum absolute atomic E-state index is 12.7. The lowest BCUT2D eigenvalue weighted by molar-refractivity contribution is 0.0747. The molecule has 3 aromatic carbocycles. The van der Waals surface area contributed by atoms with Crippen LogP contribution in [0.3, 0.4) is 0 Å². The van der Waals surface area contributed by atoms with Crippen LogP contribution < -0.4 is 15.5 Å². The molecule has 0 bridgehead atoms. The first-order valence-electron chi connectivity index (χ1n) is 10.4. The number of hydrogen-bond donors (Lipinski definition) is 2. The van der Waals surface area contributed by atoms with Gasteiger partial charge in [-0.3, -0.25) is 4.79 Å². The van der Waals surface area contributed by atoms with Gasteiger partial charge in [0.1, 0.15) is 0 Å². The van der Waals surface area contributed by atoms with E-state index in [9.17, 15) is 4.79 Å². The molecule has 1 aliphatic heterocycles. The Bertz CT molecular complexity index is 967. The van der Waals surface area contributed by atoms with Crippen LogP contribution in [-0.4, -0.2) is 44.0 Å². The van der Waals surface area contributed by atoms with Crippen LogP contribution in [0, 0.1) is 0 Å². The maximum Gasteiger partial charge on any atom is 0.253 e. The first-order chi connectivity index (χ1) is 14.7. The van der Waals surface area contributed by atoms with E-state index in [0.717, 1.165) is 49.7 Å². The molecule has 5 nitrogen and oxygen atoms in total. The third-order valence-corrected chi connectivity index (χ3v) is 5.55. The summed E-state index contributed by atoms with van der Waals surface area (Å²) in [7, 11) is 1.94. The standard InChI is InChI=1S/C25H28N4O/c1-26-23-13-12-22(18-24(23)27-19-20-8-4-2-5-9-20)28-14-16-29(17-15-28)25(30)21-10-6-3-7-11-21/h2-13,18,26-27H,14-17,19H2,1H3. The highest BCUT2D eigenvalue weighted by molar-refractivity contribution is 5.94. The molecule has 0 atom stereocenters. The Morgan fingerprint density at radius 2 is 1.50 bits per heavy atom. The topological polar surface area (TPSA) is 47.6 Å². The molecule has 1 saturated heterocycles. The van der Waals surface area contributed by atoms with Gasteiger partial charge >= 0.3 is 0 Å². The van der Waals surface area contributed by atoms with E-state index >= 15 is 0 Å². The van der Waals surface area contributed by atoms with E-state index in [-0.39, 0.29) is 5.91 Å². The first-order valence-corrected chi connectivity index (χ1v) is 10.4. The predicted molar refractivity (Wildman–Crippen MR) is 124 cm³/mol. The van der Waals surface area contributed by atoms with Crippen LogP contribution in [0.2, 0.25) is 0 Å². The van der Waals surface area contributed by atoms with Crippen molar-refractivity contribution in [1.82, 2.24) is 4.90 Å². The second-order valence-corrected chi connectivity index (χ2v) is 7.46. The minimum Gasteiger partial charge on any atom is -0.386 e. The zero-order valence-electron chi connectivity index (χ0n) is 17.3. The van der Waals surface area contributed by atoms with Crippen molar-refractivity contribution in [3.8, 4) is 0 Å². The number of amides is 1. The fourth-order valence-corrected chi connectivity index (χ4v) is 3.82. The van der Waals surface area contributed by atoms with Gasteiger partial charge in [0.15, 0.2) is 0 Å². The van der Waals surface area contributed by atoms with Crippen molar-refractivity contribution < 1.29 is 4.79 Å². The lowest BCUT2D eigenvalue weighted by Gasteiger charge is -2.36. The van der Waals surface area contributed by atoms with Crippen molar-refractivity contribution in [2.24, 2.45) is 0 Å². The zero-order chi connectivity index (χ0) is 20.8. The fraction of sp³-hybridized carbons (Fsp3) is 0.240. The smallest absolute Gasteiger partial charge is 0.253 e. The van der Waals surface area contributed by atoms with E-state index in [4.69, 9.17) is 0 Å². The van der Waals surface area contributed by atoms with Gasteiger partial charge in [-0.1, -0.05) is 48.5 Å². The summed E-state index contributed by atoms with van der Waals surface area (Å²) in [5.74, 6) is 0.117. The van der Waals surface area contributed by atoms with Gasteiger partial charge in [-0.05, 0) is 35.9 Å². The number of nitrogens with zero attached hydrogens (tertiary/aromatic N) is 2. The van der Waals surface area contributed by atoms with Crippen molar-refractivity contribution in [2.75, 3.05) is 48.8 Å². The Morgan fingerprint density at radius 3 is 2.17 bits per heavy atom. The van der Waals surface area contributed by atoms with E-state index < -0.39 is 0 Å². The molecule has 1 heterocycles. The fourth-order valence-electron chi connectivity index (χ4n) is 3.82. The second kappa shape index (κ2) is 9.35. The molecule has 1 aliphatic rings. The number of carbonyl (C=O) groups excluding carboxylic acids is 1. The minimum absolute atomic E-state index is 0.117.